The first-order chi connectivity index (χ1) is 7.84. The zero-order chi connectivity index (χ0) is 11.0. The fraction of sp³-hybridized carbons (Fsp3) is 0.417. The molecular formula is C12H13ClN2S. The molecule has 2 nitrogen and oxygen atoms in total. The van der Waals surface area contributed by atoms with Crippen LogP contribution in [0.15, 0.2) is 24.5 Å². The third-order valence-corrected chi connectivity index (χ3v) is 4.75. The highest BCUT2D eigenvalue weighted by atomic mass is 35.5. The van der Waals surface area contributed by atoms with Crippen molar-refractivity contribution in [3.8, 4) is 0 Å². The fourth-order valence-electron chi connectivity index (χ4n) is 2.20. The van der Waals surface area contributed by atoms with Gasteiger partial charge in [0, 0.05) is 17.9 Å². The average molecular weight is 253 g/mol. The van der Waals surface area contributed by atoms with Gasteiger partial charge < -0.3 is 4.40 Å². The second-order valence-corrected chi connectivity index (χ2v) is 5.94. The quantitative estimate of drug-likeness (QED) is 0.815. The molecule has 0 N–H and O–H groups in total. The largest absolute Gasteiger partial charge is 0.302 e. The van der Waals surface area contributed by atoms with Gasteiger partial charge in [0.2, 0.25) is 0 Å². The Balaban J connectivity index is 1.94. The smallest absolute Gasteiger partial charge is 0.114 e. The third-order valence-electron chi connectivity index (χ3n) is 3.03. The molecule has 1 saturated heterocycles. The summed E-state index contributed by atoms with van der Waals surface area (Å²) in [6.07, 6.45) is 7.64. The second-order valence-electron chi connectivity index (χ2n) is 4.12. The maximum absolute atomic E-state index is 6.12. The van der Waals surface area contributed by atoms with Crippen LogP contribution in [0.5, 0.6) is 0 Å². The van der Waals surface area contributed by atoms with E-state index in [1.165, 1.54) is 18.6 Å². The summed E-state index contributed by atoms with van der Waals surface area (Å²) in [5.74, 6) is 2.44. The second kappa shape index (κ2) is 4.30. The molecule has 3 heterocycles. The van der Waals surface area contributed by atoms with Gasteiger partial charge in [-0.1, -0.05) is 11.6 Å². The van der Waals surface area contributed by atoms with Crippen LogP contribution in [0.1, 0.15) is 18.7 Å². The van der Waals surface area contributed by atoms with Crippen molar-refractivity contribution in [2.24, 2.45) is 0 Å². The predicted octanol–water partition coefficient (Wildman–Crippen LogP) is 3.43. The number of halogens is 1. The molecule has 2 aromatic rings. The van der Waals surface area contributed by atoms with Crippen molar-refractivity contribution in [2.45, 2.75) is 24.5 Å². The highest BCUT2D eigenvalue weighted by molar-refractivity contribution is 8.00. The van der Waals surface area contributed by atoms with E-state index in [2.05, 4.69) is 21.1 Å². The molecule has 0 bridgehead atoms. The van der Waals surface area contributed by atoms with E-state index < -0.39 is 0 Å². The van der Waals surface area contributed by atoms with Gasteiger partial charge in [-0.3, -0.25) is 0 Å². The molecule has 1 unspecified atom stereocenters. The van der Waals surface area contributed by atoms with Crippen molar-refractivity contribution in [3.63, 3.8) is 0 Å². The standard InChI is InChI=1S/C12H13ClN2S/c13-10-4-1-5-15-11(10)8-14-12(15)7-9-3-2-6-16-9/h1,4-5,8-9H,2-3,6-7H2. The van der Waals surface area contributed by atoms with Crippen LogP contribution in [0.2, 0.25) is 5.02 Å². The Morgan fingerprint density at radius 2 is 2.50 bits per heavy atom. The maximum atomic E-state index is 6.12. The SMILES string of the molecule is Clc1cccn2c(CC3CCCS3)ncc12. The monoisotopic (exact) mass is 252 g/mol. The minimum Gasteiger partial charge on any atom is -0.302 e. The maximum Gasteiger partial charge on any atom is 0.114 e. The lowest BCUT2D eigenvalue weighted by Gasteiger charge is -2.07. The van der Waals surface area contributed by atoms with E-state index in [4.69, 9.17) is 11.6 Å². The number of imidazole rings is 1. The lowest BCUT2D eigenvalue weighted by molar-refractivity contribution is 0.743. The number of fused-ring (bicyclic) bond motifs is 1. The van der Waals surface area contributed by atoms with Gasteiger partial charge in [0.25, 0.3) is 0 Å². The molecule has 0 aliphatic carbocycles. The van der Waals surface area contributed by atoms with Crippen LogP contribution in [0.3, 0.4) is 0 Å². The first-order valence-electron chi connectivity index (χ1n) is 5.56. The van der Waals surface area contributed by atoms with Crippen LogP contribution in [0.25, 0.3) is 5.52 Å². The van der Waals surface area contributed by atoms with Crippen molar-refractivity contribution in [1.82, 2.24) is 9.38 Å². The molecule has 1 fully saturated rings. The molecule has 1 aliphatic rings. The molecule has 4 heteroatoms. The number of thioether (sulfide) groups is 1. The molecular weight excluding hydrogens is 240 g/mol. The molecule has 2 aromatic heterocycles. The highest BCUT2D eigenvalue weighted by Gasteiger charge is 2.18. The first kappa shape index (κ1) is 10.5. The molecule has 0 aromatic carbocycles. The van der Waals surface area contributed by atoms with Crippen molar-refractivity contribution >= 4 is 28.9 Å². The fourth-order valence-corrected chi connectivity index (χ4v) is 3.68. The van der Waals surface area contributed by atoms with Crippen molar-refractivity contribution in [1.29, 1.82) is 0 Å². The number of rotatable bonds is 2. The lowest BCUT2D eigenvalue weighted by atomic mass is 10.2. The molecule has 1 aliphatic heterocycles. The summed E-state index contributed by atoms with van der Waals surface area (Å²) in [6.45, 7) is 0. The van der Waals surface area contributed by atoms with E-state index in [1.807, 2.05) is 24.5 Å². The van der Waals surface area contributed by atoms with Gasteiger partial charge in [0.05, 0.1) is 16.7 Å². The number of aromatic nitrogens is 2. The number of nitrogens with zero attached hydrogens (tertiary/aromatic N) is 2. The van der Waals surface area contributed by atoms with Gasteiger partial charge in [0.1, 0.15) is 5.82 Å². The van der Waals surface area contributed by atoms with E-state index >= 15 is 0 Å². The molecule has 0 radical (unpaired) electrons. The van der Waals surface area contributed by atoms with Crippen LogP contribution < -0.4 is 0 Å². The Labute approximate surface area is 104 Å². The minimum atomic E-state index is 0.740. The van der Waals surface area contributed by atoms with Crippen LogP contribution in [0.4, 0.5) is 0 Å². The van der Waals surface area contributed by atoms with Gasteiger partial charge in [-0.15, -0.1) is 0 Å². The lowest BCUT2D eigenvalue weighted by Crippen LogP contribution is -2.05. The van der Waals surface area contributed by atoms with Crippen LogP contribution in [0, 0.1) is 0 Å². The summed E-state index contributed by atoms with van der Waals surface area (Å²) >= 11 is 8.19. The van der Waals surface area contributed by atoms with Crippen LogP contribution in [-0.2, 0) is 6.42 Å². The predicted molar refractivity (Wildman–Crippen MR) is 69.4 cm³/mol. The summed E-state index contributed by atoms with van der Waals surface area (Å²) in [4.78, 5) is 4.48. The van der Waals surface area contributed by atoms with Gasteiger partial charge in [-0.25, -0.2) is 4.98 Å². The van der Waals surface area contributed by atoms with Crippen LogP contribution in [-0.4, -0.2) is 20.4 Å². The van der Waals surface area contributed by atoms with E-state index in [-0.39, 0.29) is 0 Å². The molecule has 16 heavy (non-hydrogen) atoms. The molecule has 0 saturated carbocycles. The Bertz CT molecular complexity index is 503. The van der Waals surface area contributed by atoms with Crippen molar-refractivity contribution < 1.29 is 0 Å². The van der Waals surface area contributed by atoms with Gasteiger partial charge in [0.15, 0.2) is 0 Å². The third kappa shape index (κ3) is 1.82. The Hall–Kier alpha value is -0.670. The van der Waals surface area contributed by atoms with Gasteiger partial charge >= 0.3 is 0 Å². The zero-order valence-corrected chi connectivity index (χ0v) is 10.5. The first-order valence-corrected chi connectivity index (χ1v) is 6.99. The Morgan fingerprint density at radius 3 is 3.31 bits per heavy atom. The van der Waals surface area contributed by atoms with E-state index in [0.717, 1.165) is 28.0 Å². The van der Waals surface area contributed by atoms with E-state index in [0.29, 0.717) is 0 Å². The summed E-state index contributed by atoms with van der Waals surface area (Å²) in [6, 6.07) is 3.88. The Morgan fingerprint density at radius 1 is 1.56 bits per heavy atom. The minimum absolute atomic E-state index is 0.740. The van der Waals surface area contributed by atoms with E-state index in [9.17, 15) is 0 Å². The summed E-state index contributed by atoms with van der Waals surface area (Å²) in [5.41, 5.74) is 1.02. The average Bonchev–Trinajstić information content (AvgIpc) is 2.90. The highest BCUT2D eigenvalue weighted by Crippen LogP contribution is 2.29. The summed E-state index contributed by atoms with van der Waals surface area (Å²) < 4.78 is 2.11. The summed E-state index contributed by atoms with van der Waals surface area (Å²) in [7, 11) is 0. The molecule has 0 amide bonds. The normalized spacial score (nSPS) is 20.7. The topological polar surface area (TPSA) is 17.3 Å². The van der Waals surface area contributed by atoms with Gasteiger partial charge in [-0.05, 0) is 30.7 Å². The molecule has 3 rings (SSSR count). The van der Waals surface area contributed by atoms with Crippen molar-refractivity contribution in [3.05, 3.63) is 35.4 Å². The molecule has 0 spiro atoms. The number of pyridine rings is 1. The zero-order valence-electron chi connectivity index (χ0n) is 8.90. The molecule has 84 valence electrons. The summed E-state index contributed by atoms with van der Waals surface area (Å²) in [5, 5.41) is 1.52. The van der Waals surface area contributed by atoms with Crippen molar-refractivity contribution in [2.75, 3.05) is 5.75 Å². The van der Waals surface area contributed by atoms with E-state index in [1.54, 1.807) is 0 Å². The Kier molecular flexibility index (Phi) is 2.82. The van der Waals surface area contributed by atoms with Crippen LogP contribution >= 0.6 is 23.4 Å². The number of hydrogen-bond donors (Lipinski definition) is 0. The number of hydrogen-bond acceptors (Lipinski definition) is 2. The molecule has 1 atom stereocenters. The van der Waals surface area contributed by atoms with Gasteiger partial charge in [-0.2, -0.15) is 11.8 Å².